The molecule has 4 aromatic rings. The molecule has 1 aromatic heterocycles. The van der Waals surface area contributed by atoms with E-state index in [1.807, 2.05) is 66.7 Å². The van der Waals surface area contributed by atoms with Gasteiger partial charge in [-0.05, 0) is 23.8 Å². The predicted molar refractivity (Wildman–Crippen MR) is 128 cm³/mol. The molecular formula is C27H23FN4O2. The molecule has 3 aromatic carbocycles. The van der Waals surface area contributed by atoms with Gasteiger partial charge in [-0.15, -0.1) is 0 Å². The minimum absolute atomic E-state index is 0.00401. The third-order valence-corrected chi connectivity index (χ3v) is 5.92. The highest BCUT2D eigenvalue weighted by molar-refractivity contribution is 5.98. The summed E-state index contributed by atoms with van der Waals surface area (Å²) in [4.78, 5) is 28.8. The topological polar surface area (TPSA) is 58.4 Å². The first-order valence-electron chi connectivity index (χ1n) is 11.1. The number of carbonyl (C=O) groups is 2. The molecule has 6 nitrogen and oxygen atoms in total. The number of piperazine rings is 1. The molecule has 1 fully saturated rings. The van der Waals surface area contributed by atoms with Crippen LogP contribution in [0.15, 0.2) is 91.0 Å². The minimum atomic E-state index is -0.451. The Morgan fingerprint density at radius 2 is 1.50 bits per heavy atom. The summed E-state index contributed by atoms with van der Waals surface area (Å²) in [6.07, 6.45) is 0. The molecule has 34 heavy (non-hydrogen) atoms. The van der Waals surface area contributed by atoms with Crippen molar-refractivity contribution < 1.29 is 14.0 Å². The fourth-order valence-corrected chi connectivity index (χ4v) is 4.17. The molecule has 0 bridgehead atoms. The summed E-state index contributed by atoms with van der Waals surface area (Å²) in [5, 5.41) is 4.71. The number of halogens is 1. The van der Waals surface area contributed by atoms with Gasteiger partial charge >= 0.3 is 0 Å². The van der Waals surface area contributed by atoms with Crippen LogP contribution in [0.2, 0.25) is 0 Å². The SMILES string of the molecule is O=C(Cn1nc(-c2ccccc2)cc1-c1ccccc1)N1CCN(c2ccccc2F)C(=O)C1. The monoisotopic (exact) mass is 454 g/mol. The van der Waals surface area contributed by atoms with Gasteiger partial charge in [-0.25, -0.2) is 4.39 Å². The van der Waals surface area contributed by atoms with E-state index in [1.54, 1.807) is 22.9 Å². The Morgan fingerprint density at radius 1 is 0.853 bits per heavy atom. The molecule has 0 atom stereocenters. The summed E-state index contributed by atoms with van der Waals surface area (Å²) in [6.45, 7) is 0.475. The van der Waals surface area contributed by atoms with Crippen LogP contribution in [0, 0.1) is 5.82 Å². The number of rotatable bonds is 5. The number of amides is 2. The Bertz CT molecular complexity index is 1320. The lowest BCUT2D eigenvalue weighted by atomic mass is 10.1. The van der Waals surface area contributed by atoms with Gasteiger partial charge < -0.3 is 9.80 Å². The molecule has 0 spiro atoms. The summed E-state index contributed by atoms with van der Waals surface area (Å²) in [7, 11) is 0. The maximum absolute atomic E-state index is 14.2. The summed E-state index contributed by atoms with van der Waals surface area (Å²) < 4.78 is 15.8. The summed E-state index contributed by atoms with van der Waals surface area (Å²) in [6, 6.07) is 27.7. The van der Waals surface area contributed by atoms with Crippen LogP contribution in [0.25, 0.3) is 22.5 Å². The van der Waals surface area contributed by atoms with Crippen LogP contribution in [-0.2, 0) is 16.1 Å². The number of anilines is 1. The van der Waals surface area contributed by atoms with Crippen molar-refractivity contribution in [2.75, 3.05) is 24.5 Å². The fourth-order valence-electron chi connectivity index (χ4n) is 4.17. The Hall–Kier alpha value is -4.26. The van der Waals surface area contributed by atoms with Crippen LogP contribution in [-0.4, -0.2) is 46.1 Å². The van der Waals surface area contributed by atoms with E-state index in [9.17, 15) is 14.0 Å². The van der Waals surface area contributed by atoms with Crippen molar-refractivity contribution in [3.05, 3.63) is 96.8 Å². The quantitative estimate of drug-likeness (QED) is 0.454. The molecule has 170 valence electrons. The van der Waals surface area contributed by atoms with E-state index in [1.165, 1.54) is 15.9 Å². The number of carbonyl (C=O) groups excluding carboxylic acids is 2. The Morgan fingerprint density at radius 3 is 2.18 bits per heavy atom. The van der Waals surface area contributed by atoms with Gasteiger partial charge in [-0.1, -0.05) is 72.8 Å². The minimum Gasteiger partial charge on any atom is -0.330 e. The van der Waals surface area contributed by atoms with Gasteiger partial charge in [-0.2, -0.15) is 5.10 Å². The molecular weight excluding hydrogens is 431 g/mol. The lowest BCUT2D eigenvalue weighted by Gasteiger charge is -2.34. The van der Waals surface area contributed by atoms with Crippen LogP contribution in [0.5, 0.6) is 0 Å². The third kappa shape index (κ3) is 4.32. The number of para-hydroxylation sites is 1. The average molecular weight is 455 g/mol. The molecule has 0 unspecified atom stereocenters. The number of hydrogen-bond acceptors (Lipinski definition) is 3. The number of hydrogen-bond donors (Lipinski definition) is 0. The first-order chi connectivity index (χ1) is 16.6. The van der Waals surface area contributed by atoms with Gasteiger partial charge in [0.05, 0.1) is 17.1 Å². The fraction of sp³-hybridized carbons (Fsp3) is 0.148. The van der Waals surface area contributed by atoms with E-state index in [2.05, 4.69) is 0 Å². The normalized spacial score (nSPS) is 13.9. The van der Waals surface area contributed by atoms with Crippen molar-refractivity contribution in [3.63, 3.8) is 0 Å². The zero-order valence-corrected chi connectivity index (χ0v) is 18.5. The van der Waals surface area contributed by atoms with Crippen molar-refractivity contribution in [2.45, 2.75) is 6.54 Å². The van der Waals surface area contributed by atoms with Gasteiger partial charge in [0.1, 0.15) is 18.9 Å². The smallest absolute Gasteiger partial charge is 0.246 e. The zero-order chi connectivity index (χ0) is 23.5. The molecule has 2 heterocycles. The molecule has 1 saturated heterocycles. The van der Waals surface area contributed by atoms with E-state index < -0.39 is 5.82 Å². The Labute approximate surface area is 196 Å². The van der Waals surface area contributed by atoms with Crippen molar-refractivity contribution in [1.29, 1.82) is 0 Å². The molecule has 0 N–H and O–H groups in total. The van der Waals surface area contributed by atoms with Gasteiger partial charge in [-0.3, -0.25) is 14.3 Å². The molecule has 1 aliphatic rings. The second kappa shape index (κ2) is 9.31. The van der Waals surface area contributed by atoms with Crippen LogP contribution in [0.4, 0.5) is 10.1 Å². The van der Waals surface area contributed by atoms with E-state index in [0.29, 0.717) is 6.54 Å². The van der Waals surface area contributed by atoms with Gasteiger partial charge in [0.2, 0.25) is 11.8 Å². The Balaban J connectivity index is 1.37. The van der Waals surface area contributed by atoms with Crippen molar-refractivity contribution in [1.82, 2.24) is 14.7 Å². The summed E-state index contributed by atoms with van der Waals surface area (Å²) in [5.74, 6) is -0.965. The molecule has 1 aliphatic heterocycles. The lowest BCUT2D eigenvalue weighted by Crippen LogP contribution is -2.53. The first-order valence-corrected chi connectivity index (χ1v) is 11.1. The molecule has 0 radical (unpaired) electrons. The average Bonchev–Trinajstić information content (AvgIpc) is 3.29. The zero-order valence-electron chi connectivity index (χ0n) is 18.5. The molecule has 7 heteroatoms. The largest absolute Gasteiger partial charge is 0.330 e. The second-order valence-corrected chi connectivity index (χ2v) is 8.12. The van der Waals surface area contributed by atoms with E-state index in [4.69, 9.17) is 5.10 Å². The third-order valence-electron chi connectivity index (χ3n) is 5.92. The first kappa shape index (κ1) is 21.6. The van der Waals surface area contributed by atoms with E-state index >= 15 is 0 Å². The van der Waals surface area contributed by atoms with Gasteiger partial charge in [0, 0.05) is 18.7 Å². The van der Waals surface area contributed by atoms with Gasteiger partial charge in [0.15, 0.2) is 0 Å². The number of benzene rings is 3. The summed E-state index contributed by atoms with van der Waals surface area (Å²) >= 11 is 0. The summed E-state index contributed by atoms with van der Waals surface area (Å²) in [5.41, 5.74) is 3.74. The van der Waals surface area contributed by atoms with Crippen LogP contribution < -0.4 is 4.90 Å². The molecule has 0 saturated carbocycles. The van der Waals surface area contributed by atoms with Crippen LogP contribution in [0.3, 0.4) is 0 Å². The van der Waals surface area contributed by atoms with E-state index in [0.717, 1.165) is 22.5 Å². The maximum Gasteiger partial charge on any atom is 0.246 e. The standard InChI is InChI=1S/C27H23FN4O2/c28-22-13-7-8-14-24(22)31-16-15-30(18-27(31)34)26(33)19-32-25(21-11-5-2-6-12-21)17-23(29-32)20-9-3-1-4-10-20/h1-14,17H,15-16,18-19H2. The maximum atomic E-state index is 14.2. The van der Waals surface area contributed by atoms with Crippen LogP contribution >= 0.6 is 0 Å². The second-order valence-electron chi connectivity index (χ2n) is 8.12. The highest BCUT2D eigenvalue weighted by Crippen LogP contribution is 2.27. The van der Waals surface area contributed by atoms with Crippen molar-refractivity contribution >= 4 is 17.5 Å². The highest BCUT2D eigenvalue weighted by atomic mass is 19.1. The van der Waals surface area contributed by atoms with Crippen molar-refractivity contribution in [2.24, 2.45) is 0 Å². The molecule has 5 rings (SSSR count). The molecule has 0 aliphatic carbocycles. The number of nitrogens with zero attached hydrogens (tertiary/aromatic N) is 4. The van der Waals surface area contributed by atoms with E-state index in [-0.39, 0.29) is 37.1 Å². The van der Waals surface area contributed by atoms with Crippen LogP contribution in [0.1, 0.15) is 0 Å². The van der Waals surface area contributed by atoms with Gasteiger partial charge in [0.25, 0.3) is 0 Å². The number of aromatic nitrogens is 2. The highest BCUT2D eigenvalue weighted by Gasteiger charge is 2.30. The molecule has 2 amide bonds. The van der Waals surface area contributed by atoms with Crippen molar-refractivity contribution in [3.8, 4) is 22.5 Å². The lowest BCUT2D eigenvalue weighted by molar-refractivity contribution is -0.137. The predicted octanol–water partition coefficient (Wildman–Crippen LogP) is 4.23. The Kier molecular flexibility index (Phi) is 5.91.